The van der Waals surface area contributed by atoms with Crippen LogP contribution >= 0.6 is 0 Å². The van der Waals surface area contributed by atoms with Gasteiger partial charge in [0.2, 0.25) is 11.8 Å². The van der Waals surface area contributed by atoms with E-state index in [1.807, 2.05) is 56.9 Å². The molecular formula is C18H27N3O2. The van der Waals surface area contributed by atoms with Crippen molar-refractivity contribution in [2.24, 2.45) is 11.1 Å². The maximum atomic E-state index is 12.2. The van der Waals surface area contributed by atoms with E-state index in [0.29, 0.717) is 6.42 Å². The quantitative estimate of drug-likeness (QED) is 0.895. The van der Waals surface area contributed by atoms with Crippen molar-refractivity contribution >= 4 is 17.5 Å². The zero-order chi connectivity index (χ0) is 17.2. The fraction of sp³-hybridized carbons (Fsp3) is 0.556. The van der Waals surface area contributed by atoms with Gasteiger partial charge in [-0.1, -0.05) is 32.9 Å². The fourth-order valence-corrected chi connectivity index (χ4v) is 2.64. The van der Waals surface area contributed by atoms with Gasteiger partial charge in [-0.15, -0.1) is 0 Å². The molecule has 2 rings (SSSR count). The number of hydrogen-bond acceptors (Lipinski definition) is 3. The first-order chi connectivity index (χ1) is 10.7. The van der Waals surface area contributed by atoms with Crippen LogP contribution in [-0.4, -0.2) is 24.4 Å². The molecule has 23 heavy (non-hydrogen) atoms. The van der Waals surface area contributed by atoms with Crippen LogP contribution in [-0.2, 0) is 9.59 Å². The van der Waals surface area contributed by atoms with Crippen LogP contribution in [0.5, 0.6) is 0 Å². The highest BCUT2D eigenvalue weighted by Crippen LogP contribution is 2.24. The molecule has 0 radical (unpaired) electrons. The molecule has 0 aliphatic carbocycles. The minimum atomic E-state index is -0.550. The van der Waals surface area contributed by atoms with Crippen molar-refractivity contribution in [2.75, 3.05) is 11.4 Å². The van der Waals surface area contributed by atoms with E-state index < -0.39 is 6.04 Å². The normalized spacial score (nSPS) is 18.0. The standard InChI is InChI=1S/C18H27N3O2/c1-12(20-17(23)16(19)18(2,3)4)13-7-9-14(10-8-13)21-11-5-6-15(21)22/h7-10,12,16H,5-6,11,19H2,1-4H3,(H,20,23)/t12?,16-/m1/s1. The van der Waals surface area contributed by atoms with E-state index in [0.717, 1.165) is 24.2 Å². The van der Waals surface area contributed by atoms with Gasteiger partial charge in [0, 0.05) is 18.7 Å². The number of nitrogens with one attached hydrogen (secondary N) is 1. The molecule has 1 aromatic rings. The molecule has 0 spiro atoms. The highest BCUT2D eigenvalue weighted by Gasteiger charge is 2.28. The Morgan fingerprint density at radius 1 is 1.26 bits per heavy atom. The predicted molar refractivity (Wildman–Crippen MR) is 92.0 cm³/mol. The van der Waals surface area contributed by atoms with Gasteiger partial charge < -0.3 is 16.0 Å². The highest BCUT2D eigenvalue weighted by molar-refractivity contribution is 5.95. The van der Waals surface area contributed by atoms with Gasteiger partial charge in [0.25, 0.3) is 0 Å². The molecular weight excluding hydrogens is 290 g/mol. The van der Waals surface area contributed by atoms with Crippen LogP contribution in [0.2, 0.25) is 0 Å². The van der Waals surface area contributed by atoms with Gasteiger partial charge in [-0.25, -0.2) is 0 Å². The molecule has 0 aromatic heterocycles. The van der Waals surface area contributed by atoms with Crippen molar-refractivity contribution in [1.29, 1.82) is 0 Å². The molecule has 5 nitrogen and oxygen atoms in total. The molecule has 1 heterocycles. The number of amides is 2. The second-order valence-electron chi connectivity index (χ2n) is 7.31. The first kappa shape index (κ1) is 17.5. The Kier molecular flexibility index (Phi) is 5.09. The molecule has 0 bridgehead atoms. The largest absolute Gasteiger partial charge is 0.348 e. The van der Waals surface area contributed by atoms with E-state index in [1.54, 1.807) is 0 Å². The van der Waals surface area contributed by atoms with Crippen molar-refractivity contribution in [1.82, 2.24) is 5.32 Å². The smallest absolute Gasteiger partial charge is 0.237 e. The van der Waals surface area contributed by atoms with E-state index in [4.69, 9.17) is 5.73 Å². The SMILES string of the molecule is CC(NC(=O)[C@@H](N)C(C)(C)C)c1ccc(N2CCCC2=O)cc1. The average molecular weight is 317 g/mol. The molecule has 1 unspecified atom stereocenters. The Labute approximate surface area is 138 Å². The highest BCUT2D eigenvalue weighted by atomic mass is 16.2. The Hall–Kier alpha value is -1.88. The lowest BCUT2D eigenvalue weighted by Crippen LogP contribution is -2.49. The van der Waals surface area contributed by atoms with Crippen LogP contribution in [0, 0.1) is 5.41 Å². The summed E-state index contributed by atoms with van der Waals surface area (Å²) in [6.07, 6.45) is 1.54. The van der Waals surface area contributed by atoms with Gasteiger partial charge in [-0.05, 0) is 36.5 Å². The monoisotopic (exact) mass is 317 g/mol. The number of anilines is 1. The van der Waals surface area contributed by atoms with E-state index in [2.05, 4.69) is 5.32 Å². The van der Waals surface area contributed by atoms with Gasteiger partial charge in [0.05, 0.1) is 12.1 Å². The summed E-state index contributed by atoms with van der Waals surface area (Å²) in [6.45, 7) is 8.56. The Morgan fingerprint density at radius 2 is 1.87 bits per heavy atom. The Bertz CT molecular complexity index is 575. The molecule has 3 N–H and O–H groups in total. The van der Waals surface area contributed by atoms with Gasteiger partial charge >= 0.3 is 0 Å². The van der Waals surface area contributed by atoms with Crippen LogP contribution in [0.4, 0.5) is 5.69 Å². The second kappa shape index (κ2) is 6.71. The number of benzene rings is 1. The molecule has 1 saturated heterocycles. The van der Waals surface area contributed by atoms with Crippen molar-refractivity contribution < 1.29 is 9.59 Å². The second-order valence-corrected chi connectivity index (χ2v) is 7.31. The number of nitrogens with two attached hydrogens (primary N) is 1. The Balaban J connectivity index is 2.01. The maximum Gasteiger partial charge on any atom is 0.237 e. The summed E-state index contributed by atoms with van der Waals surface area (Å²) in [6, 6.07) is 7.10. The van der Waals surface area contributed by atoms with Gasteiger partial charge in [0.1, 0.15) is 0 Å². The predicted octanol–water partition coefficient (Wildman–Crippen LogP) is 2.36. The summed E-state index contributed by atoms with van der Waals surface area (Å²) in [7, 11) is 0. The van der Waals surface area contributed by atoms with E-state index in [-0.39, 0.29) is 23.3 Å². The van der Waals surface area contributed by atoms with Crippen LogP contribution < -0.4 is 16.0 Å². The lowest BCUT2D eigenvalue weighted by Gasteiger charge is -2.27. The summed E-state index contributed by atoms with van der Waals surface area (Å²) in [5, 5.41) is 2.96. The van der Waals surface area contributed by atoms with Gasteiger partial charge in [-0.2, -0.15) is 0 Å². The van der Waals surface area contributed by atoms with Crippen LogP contribution in [0.3, 0.4) is 0 Å². The minimum Gasteiger partial charge on any atom is -0.348 e. The van der Waals surface area contributed by atoms with Crippen LogP contribution in [0.1, 0.15) is 52.1 Å². The first-order valence-corrected chi connectivity index (χ1v) is 8.16. The third-order valence-electron chi connectivity index (χ3n) is 4.35. The fourth-order valence-electron chi connectivity index (χ4n) is 2.64. The number of hydrogen-bond donors (Lipinski definition) is 2. The molecule has 2 atom stereocenters. The lowest BCUT2D eigenvalue weighted by molar-refractivity contribution is -0.125. The number of nitrogens with zero attached hydrogens (tertiary/aromatic N) is 1. The summed E-state index contributed by atoms with van der Waals surface area (Å²) in [4.78, 5) is 25.8. The van der Waals surface area contributed by atoms with Crippen LogP contribution in [0.15, 0.2) is 24.3 Å². The topological polar surface area (TPSA) is 75.4 Å². The molecule has 1 aromatic carbocycles. The minimum absolute atomic E-state index is 0.126. The number of rotatable bonds is 4. The van der Waals surface area contributed by atoms with Crippen molar-refractivity contribution in [3.63, 3.8) is 0 Å². The van der Waals surface area contributed by atoms with Crippen molar-refractivity contribution in [3.8, 4) is 0 Å². The summed E-state index contributed by atoms with van der Waals surface area (Å²) in [5.41, 5.74) is 7.63. The molecule has 5 heteroatoms. The molecule has 2 amide bonds. The molecule has 1 aliphatic rings. The number of carbonyl (C=O) groups is 2. The Morgan fingerprint density at radius 3 is 2.35 bits per heavy atom. The molecule has 126 valence electrons. The van der Waals surface area contributed by atoms with Crippen molar-refractivity contribution in [2.45, 2.75) is 52.6 Å². The summed E-state index contributed by atoms with van der Waals surface area (Å²) in [5.74, 6) is 0.0269. The third kappa shape index (κ3) is 4.10. The molecule has 0 saturated carbocycles. The number of carbonyl (C=O) groups excluding carboxylic acids is 2. The summed E-state index contributed by atoms with van der Waals surface area (Å²) < 4.78 is 0. The van der Waals surface area contributed by atoms with E-state index in [9.17, 15) is 9.59 Å². The molecule has 1 aliphatic heterocycles. The van der Waals surface area contributed by atoms with E-state index >= 15 is 0 Å². The molecule has 1 fully saturated rings. The van der Waals surface area contributed by atoms with Gasteiger partial charge in [-0.3, -0.25) is 9.59 Å². The van der Waals surface area contributed by atoms with Crippen molar-refractivity contribution in [3.05, 3.63) is 29.8 Å². The lowest BCUT2D eigenvalue weighted by atomic mass is 9.86. The zero-order valence-electron chi connectivity index (χ0n) is 14.4. The first-order valence-electron chi connectivity index (χ1n) is 8.16. The maximum absolute atomic E-state index is 12.2. The summed E-state index contributed by atoms with van der Waals surface area (Å²) >= 11 is 0. The van der Waals surface area contributed by atoms with Crippen LogP contribution in [0.25, 0.3) is 0 Å². The van der Waals surface area contributed by atoms with E-state index in [1.165, 1.54) is 0 Å². The zero-order valence-corrected chi connectivity index (χ0v) is 14.4. The average Bonchev–Trinajstić information content (AvgIpc) is 2.91. The van der Waals surface area contributed by atoms with Gasteiger partial charge in [0.15, 0.2) is 0 Å². The third-order valence-corrected chi connectivity index (χ3v) is 4.35.